The summed E-state index contributed by atoms with van der Waals surface area (Å²) < 4.78 is 29.0. The van der Waals surface area contributed by atoms with Crippen LogP contribution in [0.25, 0.3) is 0 Å². The summed E-state index contributed by atoms with van der Waals surface area (Å²) in [6.07, 6.45) is 1.46. The maximum Gasteiger partial charge on any atom is 0.0539 e. The molecule has 1 unspecified atom stereocenters. The van der Waals surface area contributed by atoms with Gasteiger partial charge in [0, 0.05) is 11.7 Å². The largest absolute Gasteiger partial charge is 0.260 e. The van der Waals surface area contributed by atoms with E-state index in [-0.39, 0.29) is 5.69 Å². The second-order valence-electron chi connectivity index (χ2n) is 1.53. The van der Waals surface area contributed by atoms with Gasteiger partial charge >= 0.3 is 0 Å². The highest BCUT2D eigenvalue weighted by Gasteiger charge is 1.97. The van der Waals surface area contributed by atoms with Crippen LogP contribution in [0.2, 0.25) is 0 Å². The van der Waals surface area contributed by atoms with Crippen molar-refractivity contribution in [1.29, 1.82) is 0 Å². The Morgan fingerprint density at radius 1 is 1.89 bits per heavy atom. The maximum absolute atomic E-state index is 7.61. The van der Waals surface area contributed by atoms with E-state index < -0.39 is 11.7 Å². The lowest BCUT2D eigenvalue weighted by Gasteiger charge is -1.98. The van der Waals surface area contributed by atoms with Crippen molar-refractivity contribution in [3.63, 3.8) is 0 Å². The Bertz CT molecular complexity index is 282. The SMILES string of the molecule is [2H]C([2H])([2H])C([2H])(Br)c1ccccn1. The lowest BCUT2D eigenvalue weighted by atomic mass is 10.3. The number of rotatable bonds is 1. The number of pyridine rings is 1. The molecular weight excluding hydrogens is 178 g/mol. The molecule has 0 spiro atoms. The zero-order valence-corrected chi connectivity index (χ0v) is 6.22. The topological polar surface area (TPSA) is 12.9 Å². The van der Waals surface area contributed by atoms with Gasteiger partial charge in [0.15, 0.2) is 0 Å². The molecule has 0 fully saturated rings. The van der Waals surface area contributed by atoms with E-state index in [1.807, 2.05) is 0 Å². The van der Waals surface area contributed by atoms with Crippen LogP contribution in [0.5, 0.6) is 0 Å². The zero-order valence-electron chi connectivity index (χ0n) is 8.63. The van der Waals surface area contributed by atoms with Crippen LogP contribution in [0.3, 0.4) is 0 Å². The molecule has 0 amide bonds. The summed E-state index contributed by atoms with van der Waals surface area (Å²) in [6, 6.07) is 4.83. The summed E-state index contributed by atoms with van der Waals surface area (Å²) in [5.41, 5.74) is 0.190. The number of hydrogen-bond acceptors (Lipinski definition) is 1. The van der Waals surface area contributed by atoms with E-state index in [4.69, 9.17) is 5.48 Å². The van der Waals surface area contributed by atoms with Crippen molar-refractivity contribution in [2.24, 2.45) is 0 Å². The van der Waals surface area contributed by atoms with E-state index in [2.05, 4.69) is 20.9 Å². The van der Waals surface area contributed by atoms with Crippen molar-refractivity contribution in [2.75, 3.05) is 0 Å². The minimum atomic E-state index is -2.43. The van der Waals surface area contributed by atoms with Crippen LogP contribution in [0.4, 0.5) is 0 Å². The first-order chi connectivity index (χ1) is 5.86. The highest BCUT2D eigenvalue weighted by molar-refractivity contribution is 9.09. The molecule has 0 aliphatic rings. The monoisotopic (exact) mass is 189 g/mol. The Kier molecular flexibility index (Phi) is 1.04. The third kappa shape index (κ3) is 1.79. The molecule has 0 aliphatic carbocycles. The number of alkyl halides is 1. The molecule has 0 saturated heterocycles. The first-order valence-corrected chi connectivity index (χ1v) is 3.25. The van der Waals surface area contributed by atoms with Crippen LogP contribution in [-0.4, -0.2) is 4.98 Å². The van der Waals surface area contributed by atoms with E-state index in [1.54, 1.807) is 12.1 Å². The van der Waals surface area contributed by atoms with Crippen LogP contribution < -0.4 is 0 Å². The second-order valence-corrected chi connectivity index (χ2v) is 2.32. The molecule has 2 heteroatoms. The van der Waals surface area contributed by atoms with Gasteiger partial charge in [-0.25, -0.2) is 0 Å². The molecule has 48 valence electrons. The second kappa shape index (κ2) is 2.97. The Labute approximate surface area is 68.9 Å². The molecule has 0 N–H and O–H groups in total. The molecule has 0 aromatic carbocycles. The molecule has 0 bridgehead atoms. The molecule has 1 atom stereocenters. The molecule has 1 aromatic heterocycles. The van der Waals surface area contributed by atoms with Crippen molar-refractivity contribution >= 4 is 15.9 Å². The number of aromatic nitrogens is 1. The first kappa shape index (κ1) is 3.15. The molecule has 1 nitrogen and oxygen atoms in total. The highest BCUT2D eigenvalue weighted by Crippen LogP contribution is 2.17. The van der Waals surface area contributed by atoms with Crippen LogP contribution in [0, 0.1) is 0 Å². The number of halogens is 1. The average molecular weight is 190 g/mol. The van der Waals surface area contributed by atoms with Gasteiger partial charge in [-0.2, -0.15) is 0 Å². The van der Waals surface area contributed by atoms with Crippen molar-refractivity contribution in [1.82, 2.24) is 4.98 Å². The fourth-order valence-electron chi connectivity index (χ4n) is 0.493. The van der Waals surface area contributed by atoms with Crippen molar-refractivity contribution in [2.45, 2.75) is 11.7 Å². The molecule has 0 radical (unpaired) electrons. The molecule has 0 aliphatic heterocycles. The smallest absolute Gasteiger partial charge is 0.0539 e. The zero-order chi connectivity index (χ0) is 10.1. The quantitative estimate of drug-likeness (QED) is 0.620. The van der Waals surface area contributed by atoms with Gasteiger partial charge in [-0.1, -0.05) is 22.0 Å². The summed E-state index contributed by atoms with van der Waals surface area (Å²) in [6.45, 7) is -2.43. The van der Waals surface area contributed by atoms with Gasteiger partial charge in [-0.05, 0) is 19.0 Å². The van der Waals surface area contributed by atoms with Gasteiger partial charge in [-0.15, -0.1) is 0 Å². The fourth-order valence-corrected chi connectivity index (χ4v) is 0.727. The lowest BCUT2D eigenvalue weighted by molar-refractivity contribution is 1.02. The van der Waals surface area contributed by atoms with E-state index >= 15 is 0 Å². The minimum Gasteiger partial charge on any atom is -0.260 e. The van der Waals surface area contributed by atoms with E-state index in [0.29, 0.717) is 0 Å². The Balaban J connectivity index is 3.08. The summed E-state index contributed by atoms with van der Waals surface area (Å²) in [7, 11) is 0. The summed E-state index contributed by atoms with van der Waals surface area (Å²) in [5, 5.41) is 0. The average Bonchev–Trinajstić information content (AvgIpc) is 2.04. The van der Waals surface area contributed by atoms with Crippen LogP contribution in [0.15, 0.2) is 24.4 Å². The molecule has 1 heterocycles. The molecule has 9 heavy (non-hydrogen) atoms. The van der Waals surface area contributed by atoms with Gasteiger partial charge in [0.2, 0.25) is 0 Å². The van der Waals surface area contributed by atoms with Crippen LogP contribution >= 0.6 is 15.9 Å². The molecular formula is C7H8BrN. The summed E-state index contributed by atoms with van der Waals surface area (Å²) in [4.78, 5) is 2.00. The number of nitrogens with zero attached hydrogens (tertiary/aromatic N) is 1. The predicted octanol–water partition coefficient (Wildman–Crippen LogP) is 2.54. The minimum absolute atomic E-state index is 0.190. The van der Waals surface area contributed by atoms with Crippen molar-refractivity contribution in [3.05, 3.63) is 30.1 Å². The van der Waals surface area contributed by atoms with E-state index in [9.17, 15) is 0 Å². The lowest BCUT2D eigenvalue weighted by Crippen LogP contribution is -1.85. The Morgan fingerprint density at radius 2 is 2.78 bits per heavy atom. The van der Waals surface area contributed by atoms with Gasteiger partial charge < -0.3 is 0 Å². The van der Waals surface area contributed by atoms with Gasteiger partial charge in [0.1, 0.15) is 0 Å². The van der Waals surface area contributed by atoms with Crippen molar-refractivity contribution in [3.8, 4) is 0 Å². The number of hydrogen-bond donors (Lipinski definition) is 0. The van der Waals surface area contributed by atoms with E-state index in [1.165, 1.54) is 12.3 Å². The first-order valence-electron chi connectivity index (χ1n) is 4.46. The Morgan fingerprint density at radius 3 is 3.33 bits per heavy atom. The van der Waals surface area contributed by atoms with Crippen LogP contribution in [0.1, 0.15) is 22.8 Å². The highest BCUT2D eigenvalue weighted by atomic mass is 79.9. The van der Waals surface area contributed by atoms with E-state index in [0.717, 1.165) is 0 Å². The third-order valence-corrected chi connectivity index (χ3v) is 1.30. The maximum atomic E-state index is 7.61. The standard InChI is InChI=1S/C7H8BrN/c1-6(8)7-4-2-3-5-9-7/h2-6H,1H3/i1D3,6D. The third-order valence-electron chi connectivity index (χ3n) is 0.890. The van der Waals surface area contributed by atoms with Gasteiger partial charge in [-0.3, -0.25) is 4.98 Å². The fraction of sp³-hybridized carbons (Fsp3) is 0.286. The predicted molar refractivity (Wildman–Crippen MR) is 41.6 cm³/mol. The van der Waals surface area contributed by atoms with Gasteiger partial charge in [0.05, 0.1) is 10.5 Å². The normalized spacial score (nSPS) is 24.6. The van der Waals surface area contributed by atoms with Crippen molar-refractivity contribution < 1.29 is 5.48 Å². The Hall–Kier alpha value is -0.370. The summed E-state index contributed by atoms with van der Waals surface area (Å²) >= 11 is 2.85. The molecule has 1 rings (SSSR count). The summed E-state index contributed by atoms with van der Waals surface area (Å²) in [5.74, 6) is 0. The molecule has 0 saturated carbocycles. The van der Waals surface area contributed by atoms with Gasteiger partial charge in [0.25, 0.3) is 0 Å². The molecule has 1 aromatic rings. The van der Waals surface area contributed by atoms with Crippen LogP contribution in [-0.2, 0) is 0 Å².